The first-order valence-corrected chi connectivity index (χ1v) is 10.2. The molecule has 3 nitrogen and oxygen atoms in total. The van der Waals surface area contributed by atoms with Gasteiger partial charge in [-0.05, 0) is 61.8 Å². The molecule has 0 spiro atoms. The monoisotopic (exact) mass is 569 g/mol. The zero-order chi connectivity index (χ0) is 20.5. The third-order valence-electron chi connectivity index (χ3n) is 6.87. The molecule has 2 aliphatic rings. The molecule has 0 bridgehead atoms. The van der Waals surface area contributed by atoms with E-state index in [9.17, 15) is 0 Å². The Hall–Kier alpha value is -0.996. The van der Waals surface area contributed by atoms with Crippen LogP contribution in [0.5, 0.6) is 0 Å². The summed E-state index contributed by atoms with van der Waals surface area (Å²) in [4.78, 5) is 4.79. The molecule has 1 aromatic carbocycles. The number of hydrogen-bond acceptors (Lipinski definition) is 3. The van der Waals surface area contributed by atoms with Gasteiger partial charge in [-0.2, -0.15) is 0 Å². The van der Waals surface area contributed by atoms with Gasteiger partial charge in [0.1, 0.15) is 0 Å². The average Bonchev–Trinajstić information content (AvgIpc) is 2.92. The van der Waals surface area contributed by atoms with Crippen molar-refractivity contribution in [1.82, 2.24) is 4.98 Å². The number of rotatable bonds is 2. The van der Waals surface area contributed by atoms with E-state index < -0.39 is 0 Å². The molecule has 1 fully saturated rings. The van der Waals surface area contributed by atoms with E-state index in [1.165, 1.54) is 11.1 Å². The Labute approximate surface area is 189 Å². The van der Waals surface area contributed by atoms with Crippen molar-refractivity contribution in [2.24, 2.45) is 0 Å². The Bertz CT molecular complexity index is 920. The van der Waals surface area contributed by atoms with Gasteiger partial charge in [0.15, 0.2) is 0 Å². The summed E-state index contributed by atoms with van der Waals surface area (Å²) in [6.45, 7) is 17.6. The zero-order valence-electron chi connectivity index (χ0n) is 18.8. The second-order valence-corrected chi connectivity index (χ2v) is 10.7. The minimum absolute atomic E-state index is 0. The molecule has 1 saturated heterocycles. The van der Waals surface area contributed by atoms with Crippen molar-refractivity contribution in [3.8, 4) is 11.3 Å². The van der Waals surface area contributed by atoms with Gasteiger partial charge in [-0.15, -0.1) is 35.3 Å². The van der Waals surface area contributed by atoms with Crippen LogP contribution in [-0.2, 0) is 40.2 Å². The Morgan fingerprint density at radius 1 is 0.897 bits per heavy atom. The Kier molecular flexibility index (Phi) is 5.49. The molecule has 2 heterocycles. The Morgan fingerprint density at radius 2 is 1.48 bits per heavy atom. The van der Waals surface area contributed by atoms with Gasteiger partial charge < -0.3 is 14.3 Å². The standard InChI is InChI=1S/C24H31BNO2.Ir/c1-21(2)15-22(3,4)19-14-26-20(13-18(19)21)16-10-9-11-17(12-16)25-27-23(5,6)24(7,8)28-25;/h9,11-14H,15H2,1-8H3;/q-1;. The van der Waals surface area contributed by atoms with Crippen LogP contribution in [0.1, 0.15) is 72.9 Å². The zero-order valence-corrected chi connectivity index (χ0v) is 21.2. The van der Waals surface area contributed by atoms with E-state index in [1.807, 2.05) is 12.1 Å². The minimum Gasteiger partial charge on any atom is -0.400 e. The summed E-state index contributed by atoms with van der Waals surface area (Å²) < 4.78 is 12.4. The van der Waals surface area contributed by atoms with Crippen molar-refractivity contribution >= 4 is 12.6 Å². The molecule has 157 valence electrons. The van der Waals surface area contributed by atoms with Gasteiger partial charge in [0.25, 0.3) is 0 Å². The molecule has 1 radical (unpaired) electrons. The van der Waals surface area contributed by atoms with Crippen molar-refractivity contribution in [2.45, 2.75) is 83.8 Å². The number of fused-ring (bicyclic) bond motifs is 1. The first kappa shape index (κ1) is 22.7. The van der Waals surface area contributed by atoms with Crippen LogP contribution in [-0.4, -0.2) is 23.3 Å². The summed E-state index contributed by atoms with van der Waals surface area (Å²) in [6, 6.07) is 11.7. The average molecular weight is 569 g/mol. The van der Waals surface area contributed by atoms with Crippen molar-refractivity contribution < 1.29 is 29.4 Å². The topological polar surface area (TPSA) is 31.4 Å². The van der Waals surface area contributed by atoms with E-state index in [0.717, 1.165) is 23.1 Å². The van der Waals surface area contributed by atoms with Gasteiger partial charge in [0, 0.05) is 26.3 Å². The van der Waals surface area contributed by atoms with E-state index in [0.29, 0.717) is 0 Å². The normalized spacial score (nSPS) is 22.8. The number of benzene rings is 1. The fourth-order valence-electron chi connectivity index (χ4n) is 4.75. The van der Waals surface area contributed by atoms with Crippen LogP contribution in [0.15, 0.2) is 30.5 Å². The quantitative estimate of drug-likeness (QED) is 0.385. The molecule has 0 unspecified atom stereocenters. The molecule has 29 heavy (non-hydrogen) atoms. The fourth-order valence-corrected chi connectivity index (χ4v) is 4.75. The van der Waals surface area contributed by atoms with Gasteiger partial charge in [-0.1, -0.05) is 33.8 Å². The van der Waals surface area contributed by atoms with Crippen molar-refractivity contribution in [3.05, 3.63) is 47.7 Å². The van der Waals surface area contributed by atoms with E-state index in [-0.39, 0.29) is 49.3 Å². The molecule has 2 aromatic rings. The molecule has 1 aromatic heterocycles. The van der Waals surface area contributed by atoms with Crippen molar-refractivity contribution in [1.29, 1.82) is 0 Å². The largest absolute Gasteiger partial charge is 0.475 e. The third kappa shape index (κ3) is 3.76. The molecule has 1 aliphatic heterocycles. The summed E-state index contributed by atoms with van der Waals surface area (Å²) in [5.74, 6) is 0. The summed E-state index contributed by atoms with van der Waals surface area (Å²) in [6.07, 6.45) is 3.20. The predicted octanol–water partition coefficient (Wildman–Crippen LogP) is 4.80. The molecule has 0 amide bonds. The fraction of sp³-hybridized carbons (Fsp3) is 0.542. The van der Waals surface area contributed by atoms with Gasteiger partial charge in [-0.25, -0.2) is 0 Å². The molecule has 0 atom stereocenters. The number of pyridine rings is 1. The maximum absolute atomic E-state index is 6.22. The number of aromatic nitrogens is 1. The second-order valence-electron chi connectivity index (χ2n) is 10.7. The maximum atomic E-state index is 6.22. The van der Waals surface area contributed by atoms with Crippen LogP contribution >= 0.6 is 0 Å². The number of nitrogens with zero attached hydrogens (tertiary/aromatic N) is 1. The Morgan fingerprint density at radius 3 is 2.10 bits per heavy atom. The van der Waals surface area contributed by atoms with Crippen LogP contribution in [0.25, 0.3) is 11.3 Å². The van der Waals surface area contributed by atoms with Crippen LogP contribution < -0.4 is 5.46 Å². The van der Waals surface area contributed by atoms with Gasteiger partial charge in [-0.3, -0.25) is 0 Å². The molecule has 5 heteroatoms. The first-order valence-electron chi connectivity index (χ1n) is 10.2. The van der Waals surface area contributed by atoms with Gasteiger partial charge in [0.2, 0.25) is 0 Å². The first-order chi connectivity index (χ1) is 12.8. The van der Waals surface area contributed by atoms with Crippen LogP contribution in [0, 0.1) is 6.07 Å². The summed E-state index contributed by atoms with van der Waals surface area (Å²) >= 11 is 0. The van der Waals surface area contributed by atoms with Gasteiger partial charge in [0.05, 0.1) is 11.2 Å². The molecule has 0 N–H and O–H groups in total. The summed E-state index contributed by atoms with van der Waals surface area (Å²) in [5.41, 5.74) is 5.34. The molecule has 0 saturated carbocycles. The molecule has 1 aliphatic carbocycles. The smallest absolute Gasteiger partial charge is 0.400 e. The van der Waals surface area contributed by atoms with E-state index in [1.54, 1.807) is 0 Å². The number of hydrogen-bond donors (Lipinski definition) is 0. The summed E-state index contributed by atoms with van der Waals surface area (Å²) in [5, 5.41) is 0. The SMILES string of the molecule is CC1(C)CC(C)(C)c2cc(-c3[c-]ccc(B4OC(C)(C)C(C)(C)O4)c3)ncc21.[Ir]. The minimum atomic E-state index is -0.372. The predicted molar refractivity (Wildman–Crippen MR) is 115 cm³/mol. The van der Waals surface area contributed by atoms with E-state index in [2.05, 4.69) is 79.8 Å². The molecular weight excluding hydrogens is 537 g/mol. The van der Waals surface area contributed by atoms with Crippen molar-refractivity contribution in [2.75, 3.05) is 0 Å². The Balaban J connectivity index is 0.00000240. The third-order valence-corrected chi connectivity index (χ3v) is 6.87. The van der Waals surface area contributed by atoms with Gasteiger partial charge >= 0.3 is 7.12 Å². The van der Waals surface area contributed by atoms with E-state index in [4.69, 9.17) is 14.3 Å². The maximum Gasteiger partial charge on any atom is 0.475 e. The summed E-state index contributed by atoms with van der Waals surface area (Å²) in [7, 11) is -0.372. The van der Waals surface area contributed by atoms with Crippen LogP contribution in [0.3, 0.4) is 0 Å². The van der Waals surface area contributed by atoms with Crippen LogP contribution in [0.2, 0.25) is 0 Å². The molecular formula is C24H31BIrNO2-. The molecule has 4 rings (SSSR count). The van der Waals surface area contributed by atoms with E-state index >= 15 is 0 Å². The second kappa shape index (κ2) is 7.02. The van der Waals surface area contributed by atoms with Crippen molar-refractivity contribution in [3.63, 3.8) is 0 Å². The van der Waals surface area contributed by atoms with Crippen LogP contribution in [0.4, 0.5) is 0 Å².